The molecule has 0 unspecified atom stereocenters. The number of ether oxygens (including phenoxy) is 4. The van der Waals surface area contributed by atoms with E-state index in [2.05, 4.69) is 0 Å². The lowest BCUT2D eigenvalue weighted by Crippen LogP contribution is -2.50. The van der Waals surface area contributed by atoms with Crippen molar-refractivity contribution in [3.63, 3.8) is 0 Å². The van der Waals surface area contributed by atoms with Crippen LogP contribution in [-0.4, -0.2) is 55.8 Å². The van der Waals surface area contributed by atoms with E-state index in [1.807, 2.05) is 30.3 Å². The summed E-state index contributed by atoms with van der Waals surface area (Å²) < 4.78 is 21.6. The number of carbonyl (C=O) groups excluding carboxylic acids is 1. The van der Waals surface area contributed by atoms with Gasteiger partial charge in [0.2, 0.25) is 0 Å². The molecule has 5 rings (SSSR count). The second-order valence-electron chi connectivity index (χ2n) is 9.55. The van der Waals surface area contributed by atoms with Crippen molar-refractivity contribution in [1.82, 2.24) is 0 Å². The van der Waals surface area contributed by atoms with Gasteiger partial charge in [-0.25, -0.2) is 0 Å². The van der Waals surface area contributed by atoms with Gasteiger partial charge in [-0.05, 0) is 41.3 Å². The lowest BCUT2D eigenvalue weighted by Gasteiger charge is -2.43. The highest BCUT2D eigenvalue weighted by Crippen LogP contribution is 2.70. The molecule has 0 aromatic heterocycles. The number of hydrogen-bond donors (Lipinski definition) is 3. The fourth-order valence-electron chi connectivity index (χ4n) is 6.68. The Bertz CT molecular complexity index is 1340. The maximum atomic E-state index is 13.3. The van der Waals surface area contributed by atoms with Gasteiger partial charge < -0.3 is 34.3 Å². The summed E-state index contributed by atoms with van der Waals surface area (Å²) in [5, 5.41) is 35.5. The van der Waals surface area contributed by atoms with E-state index in [1.165, 1.54) is 34.5 Å². The summed E-state index contributed by atoms with van der Waals surface area (Å²) in [4.78, 5) is 13.3. The number of aliphatic hydroxyl groups excluding tert-OH is 1. The van der Waals surface area contributed by atoms with Gasteiger partial charge in [0, 0.05) is 23.0 Å². The molecule has 8 nitrogen and oxygen atoms in total. The third-order valence-corrected chi connectivity index (χ3v) is 8.13. The molecule has 37 heavy (non-hydrogen) atoms. The highest BCUT2D eigenvalue weighted by molar-refractivity contribution is 5.78. The van der Waals surface area contributed by atoms with Crippen LogP contribution in [0.2, 0.25) is 0 Å². The van der Waals surface area contributed by atoms with Crippen molar-refractivity contribution in [3.8, 4) is 23.0 Å². The Kier molecular flexibility index (Phi) is 6.04. The van der Waals surface area contributed by atoms with Gasteiger partial charge in [0.15, 0.2) is 11.5 Å². The third-order valence-electron chi connectivity index (χ3n) is 8.13. The number of phenolic OH excluding ortho intramolecular Hbond substituents is 1. The van der Waals surface area contributed by atoms with Crippen LogP contribution in [0.15, 0.2) is 60.7 Å². The zero-order chi connectivity index (χ0) is 26.5. The minimum atomic E-state index is -1.99. The molecule has 0 aliphatic heterocycles. The summed E-state index contributed by atoms with van der Waals surface area (Å²) in [5.74, 6) is -1.48. The van der Waals surface area contributed by atoms with Gasteiger partial charge in [0.05, 0.1) is 34.4 Å². The predicted octanol–water partition coefficient (Wildman–Crippen LogP) is 3.05. The standard InChI is InChI=1S/C29H30O8/c1-34-19-12-17-15-28(18-10-11-21(35-2)20(30)13-18)25(16-8-6-5-7-9-16)23(27(32)37-4)26(31)29(28,33)24(17)22(14-19)36-3/h5-14,23,25-26,30-31,33H,15H2,1-4H3/t23-,25-,26-,28-,29+/m1/s1. The number of phenols is 1. The summed E-state index contributed by atoms with van der Waals surface area (Å²) in [6.45, 7) is 0. The summed E-state index contributed by atoms with van der Waals surface area (Å²) in [7, 11) is 5.73. The van der Waals surface area contributed by atoms with E-state index in [0.717, 1.165) is 5.56 Å². The number of fused-ring (bicyclic) bond motifs is 3. The number of benzene rings is 3. The Balaban J connectivity index is 1.90. The van der Waals surface area contributed by atoms with Crippen LogP contribution in [0.3, 0.4) is 0 Å². The van der Waals surface area contributed by atoms with Crippen LogP contribution in [0.1, 0.15) is 28.2 Å². The van der Waals surface area contributed by atoms with E-state index >= 15 is 0 Å². The SMILES string of the molecule is COC(=O)[C@H]1[C@@H](O)[C@@]2(O)c3c(cc(OC)cc3OC)C[C@@]2(c2ccc(OC)c(O)c2)[C@@H]1c1ccccc1. The van der Waals surface area contributed by atoms with Crippen molar-refractivity contribution in [2.45, 2.75) is 29.5 Å². The maximum absolute atomic E-state index is 13.3. The molecule has 0 radical (unpaired) electrons. The minimum Gasteiger partial charge on any atom is -0.504 e. The molecular formula is C29H30O8. The molecule has 194 valence electrons. The number of methoxy groups -OCH3 is 4. The normalized spacial score (nSPS) is 27.8. The first-order valence-electron chi connectivity index (χ1n) is 11.9. The zero-order valence-electron chi connectivity index (χ0n) is 21.1. The number of aromatic hydroxyl groups is 1. The molecular weight excluding hydrogens is 476 g/mol. The molecule has 3 aromatic carbocycles. The molecule has 1 fully saturated rings. The Morgan fingerprint density at radius 2 is 1.62 bits per heavy atom. The lowest BCUT2D eigenvalue weighted by atomic mass is 9.62. The molecule has 0 spiro atoms. The number of rotatable bonds is 6. The minimum absolute atomic E-state index is 0.125. The highest BCUT2D eigenvalue weighted by Gasteiger charge is 2.75. The summed E-state index contributed by atoms with van der Waals surface area (Å²) in [5.41, 5.74) is -0.923. The van der Waals surface area contributed by atoms with E-state index in [4.69, 9.17) is 18.9 Å². The maximum Gasteiger partial charge on any atom is 0.312 e. The topological polar surface area (TPSA) is 115 Å². The smallest absolute Gasteiger partial charge is 0.312 e. The van der Waals surface area contributed by atoms with Crippen molar-refractivity contribution >= 4 is 5.97 Å². The van der Waals surface area contributed by atoms with Crippen molar-refractivity contribution in [2.75, 3.05) is 28.4 Å². The van der Waals surface area contributed by atoms with Crippen LogP contribution >= 0.6 is 0 Å². The van der Waals surface area contributed by atoms with E-state index < -0.39 is 34.9 Å². The Hall–Kier alpha value is -3.75. The van der Waals surface area contributed by atoms with Crippen LogP contribution in [0, 0.1) is 5.92 Å². The Morgan fingerprint density at radius 3 is 2.22 bits per heavy atom. The Morgan fingerprint density at radius 1 is 0.919 bits per heavy atom. The van der Waals surface area contributed by atoms with Crippen LogP contribution in [0.5, 0.6) is 23.0 Å². The summed E-state index contributed by atoms with van der Waals surface area (Å²) in [6, 6.07) is 17.6. The zero-order valence-corrected chi connectivity index (χ0v) is 21.1. The van der Waals surface area contributed by atoms with Crippen molar-refractivity contribution < 1.29 is 39.1 Å². The second kappa shape index (κ2) is 8.97. The van der Waals surface area contributed by atoms with Crippen LogP contribution in [0.25, 0.3) is 0 Å². The molecule has 8 heteroatoms. The quantitative estimate of drug-likeness (QED) is 0.437. The molecule has 3 N–H and O–H groups in total. The fraction of sp³-hybridized carbons (Fsp3) is 0.345. The van der Waals surface area contributed by atoms with E-state index in [-0.39, 0.29) is 17.9 Å². The van der Waals surface area contributed by atoms with Gasteiger partial charge in [0.1, 0.15) is 23.2 Å². The second-order valence-corrected chi connectivity index (χ2v) is 9.55. The van der Waals surface area contributed by atoms with Gasteiger partial charge in [0.25, 0.3) is 0 Å². The van der Waals surface area contributed by atoms with Gasteiger partial charge in [-0.15, -0.1) is 0 Å². The third kappa shape index (κ3) is 3.25. The average Bonchev–Trinajstić information content (AvgIpc) is 3.30. The van der Waals surface area contributed by atoms with Gasteiger partial charge in [-0.1, -0.05) is 36.4 Å². The first-order chi connectivity index (χ1) is 17.8. The number of esters is 1. The molecule has 0 heterocycles. The molecule has 0 amide bonds. The highest BCUT2D eigenvalue weighted by atomic mass is 16.5. The first-order valence-corrected chi connectivity index (χ1v) is 11.9. The average molecular weight is 507 g/mol. The number of carbonyl (C=O) groups is 1. The van der Waals surface area contributed by atoms with Crippen LogP contribution < -0.4 is 14.2 Å². The number of aliphatic hydroxyl groups is 2. The molecule has 3 aromatic rings. The fourth-order valence-corrected chi connectivity index (χ4v) is 6.68. The lowest BCUT2D eigenvalue weighted by molar-refractivity contribution is -0.154. The van der Waals surface area contributed by atoms with Crippen molar-refractivity contribution in [2.24, 2.45) is 5.92 Å². The monoisotopic (exact) mass is 506 g/mol. The van der Waals surface area contributed by atoms with E-state index in [0.29, 0.717) is 28.2 Å². The van der Waals surface area contributed by atoms with E-state index in [1.54, 1.807) is 24.3 Å². The molecule has 0 saturated heterocycles. The number of hydrogen-bond acceptors (Lipinski definition) is 8. The molecule has 2 aliphatic rings. The molecule has 0 bridgehead atoms. The van der Waals surface area contributed by atoms with Gasteiger partial charge in [-0.2, -0.15) is 0 Å². The molecule has 2 aliphatic carbocycles. The van der Waals surface area contributed by atoms with Gasteiger partial charge in [-0.3, -0.25) is 4.79 Å². The summed E-state index contributed by atoms with van der Waals surface area (Å²) in [6.07, 6.45) is -1.33. The van der Waals surface area contributed by atoms with Gasteiger partial charge >= 0.3 is 5.97 Å². The molecule has 5 atom stereocenters. The van der Waals surface area contributed by atoms with Crippen molar-refractivity contribution in [3.05, 3.63) is 82.9 Å². The van der Waals surface area contributed by atoms with E-state index in [9.17, 15) is 20.1 Å². The Labute approximate surface area is 215 Å². The van der Waals surface area contributed by atoms with Crippen LogP contribution in [-0.2, 0) is 27.0 Å². The summed E-state index contributed by atoms with van der Waals surface area (Å²) >= 11 is 0. The first kappa shape index (κ1) is 24.9. The van der Waals surface area contributed by atoms with Crippen molar-refractivity contribution in [1.29, 1.82) is 0 Å². The van der Waals surface area contributed by atoms with Crippen LogP contribution in [0.4, 0.5) is 0 Å². The molecule has 1 saturated carbocycles. The largest absolute Gasteiger partial charge is 0.504 e. The predicted molar refractivity (Wildman–Crippen MR) is 134 cm³/mol.